The first-order valence-corrected chi connectivity index (χ1v) is 13.2. The van der Waals surface area contributed by atoms with Gasteiger partial charge in [0.25, 0.3) is 0 Å². The van der Waals surface area contributed by atoms with Gasteiger partial charge in [0.15, 0.2) is 16.6 Å². The Kier molecular flexibility index (Phi) is 7.76. The highest BCUT2D eigenvalue weighted by molar-refractivity contribution is 6.70. The van der Waals surface area contributed by atoms with Crippen LogP contribution in [0, 0.1) is 0 Å². The van der Waals surface area contributed by atoms with Crippen molar-refractivity contribution in [2.75, 3.05) is 26.3 Å². The third-order valence-electron chi connectivity index (χ3n) is 1.85. The number of carbonyl (C=O) groups is 1. The molecule has 0 unspecified atom stereocenters. The van der Waals surface area contributed by atoms with Gasteiger partial charge in [-0.3, -0.25) is 0 Å². The Morgan fingerprint density at radius 1 is 0.833 bits per heavy atom. The van der Waals surface area contributed by atoms with Crippen molar-refractivity contribution in [2.45, 2.75) is 39.3 Å². The van der Waals surface area contributed by atoms with Gasteiger partial charge in [-0.15, -0.1) is 0 Å². The van der Waals surface area contributed by atoms with Crippen LogP contribution in [0.3, 0.4) is 0 Å². The molecule has 7 heteroatoms. The number of carbonyl (C=O) groups excluding carboxylic acids is 1. The van der Waals surface area contributed by atoms with Crippen LogP contribution in [0.1, 0.15) is 0 Å². The van der Waals surface area contributed by atoms with Crippen molar-refractivity contribution in [3.8, 4) is 0 Å². The van der Waals surface area contributed by atoms with Gasteiger partial charge in [0.2, 0.25) is 0 Å². The fourth-order valence-corrected chi connectivity index (χ4v) is 2.53. The lowest BCUT2D eigenvalue weighted by molar-refractivity contribution is 0.231. The summed E-state index contributed by atoms with van der Waals surface area (Å²) < 4.78 is 11.3. The summed E-state index contributed by atoms with van der Waals surface area (Å²) in [5.74, 6) is 0. The predicted octanol–water partition coefficient (Wildman–Crippen LogP) is 1.99. The minimum Gasteiger partial charge on any atom is -0.416 e. The van der Waals surface area contributed by atoms with Gasteiger partial charge in [0.1, 0.15) is 0 Å². The fraction of sp³-hybridized carbons (Fsp3) is 0.909. The first-order valence-electron chi connectivity index (χ1n) is 6.40. The number of amides is 2. The van der Waals surface area contributed by atoms with Crippen molar-refractivity contribution in [3.05, 3.63) is 0 Å². The molecule has 0 aromatic rings. The normalized spacial score (nSPS) is 12.3. The van der Waals surface area contributed by atoms with Gasteiger partial charge in [-0.1, -0.05) is 0 Å². The van der Waals surface area contributed by atoms with Crippen LogP contribution in [0.2, 0.25) is 39.3 Å². The van der Waals surface area contributed by atoms with E-state index in [0.717, 1.165) is 0 Å². The molecule has 0 atom stereocenters. The zero-order valence-electron chi connectivity index (χ0n) is 12.6. The highest BCUT2D eigenvalue weighted by Crippen LogP contribution is 2.01. The Hall–Kier alpha value is -0.376. The van der Waals surface area contributed by atoms with Crippen LogP contribution in [-0.2, 0) is 8.85 Å². The van der Waals surface area contributed by atoms with E-state index in [9.17, 15) is 4.79 Å². The molecule has 0 fully saturated rings. The third kappa shape index (κ3) is 13.7. The molecule has 0 bridgehead atoms. The van der Waals surface area contributed by atoms with E-state index in [1.807, 2.05) is 0 Å². The molecule has 0 spiro atoms. The van der Waals surface area contributed by atoms with Crippen LogP contribution in [0.4, 0.5) is 4.79 Å². The molecule has 2 N–H and O–H groups in total. The van der Waals surface area contributed by atoms with E-state index in [-0.39, 0.29) is 6.03 Å². The molecule has 18 heavy (non-hydrogen) atoms. The van der Waals surface area contributed by atoms with Crippen LogP contribution in [-0.4, -0.2) is 49.0 Å². The summed E-state index contributed by atoms with van der Waals surface area (Å²) in [6.45, 7) is 15.0. The second-order valence-electron chi connectivity index (χ2n) is 6.10. The van der Waals surface area contributed by atoms with Crippen LogP contribution in [0.15, 0.2) is 0 Å². The second kappa shape index (κ2) is 7.93. The van der Waals surface area contributed by atoms with Crippen molar-refractivity contribution in [1.82, 2.24) is 10.6 Å². The SMILES string of the molecule is C[Si](C)(C)OCCNC(=O)NCCO[Si](C)(C)C. The lowest BCUT2D eigenvalue weighted by Gasteiger charge is -2.18. The molecule has 108 valence electrons. The summed E-state index contributed by atoms with van der Waals surface area (Å²) in [7, 11) is -2.94. The first-order chi connectivity index (χ1) is 8.10. The number of hydrogen-bond donors (Lipinski definition) is 2. The summed E-state index contributed by atoms with van der Waals surface area (Å²) in [6, 6.07) is -0.159. The number of nitrogens with one attached hydrogen (secondary N) is 2. The molecule has 0 saturated carbocycles. The van der Waals surface area contributed by atoms with Crippen molar-refractivity contribution in [3.63, 3.8) is 0 Å². The molecular formula is C11H28N2O3Si2. The molecular weight excluding hydrogens is 264 g/mol. The maximum atomic E-state index is 11.4. The Morgan fingerprint density at radius 2 is 1.17 bits per heavy atom. The average molecular weight is 293 g/mol. The summed E-state index contributed by atoms with van der Waals surface area (Å²) in [5, 5.41) is 5.51. The molecule has 0 heterocycles. The van der Waals surface area contributed by atoms with Gasteiger partial charge in [-0.25, -0.2) is 4.79 Å². The van der Waals surface area contributed by atoms with E-state index < -0.39 is 16.6 Å². The van der Waals surface area contributed by atoms with Crippen LogP contribution in [0.25, 0.3) is 0 Å². The van der Waals surface area contributed by atoms with Crippen LogP contribution >= 0.6 is 0 Å². The number of rotatable bonds is 8. The Labute approximate surface area is 113 Å². The van der Waals surface area contributed by atoms with Crippen molar-refractivity contribution >= 4 is 22.7 Å². The zero-order valence-corrected chi connectivity index (χ0v) is 14.6. The van der Waals surface area contributed by atoms with Gasteiger partial charge in [-0.2, -0.15) is 0 Å². The highest BCUT2D eigenvalue weighted by atomic mass is 28.4. The summed E-state index contributed by atoms with van der Waals surface area (Å²) in [5.41, 5.74) is 0. The molecule has 0 aliphatic heterocycles. The largest absolute Gasteiger partial charge is 0.416 e. The average Bonchev–Trinajstić information content (AvgIpc) is 2.17. The monoisotopic (exact) mass is 292 g/mol. The molecule has 0 aliphatic carbocycles. The highest BCUT2D eigenvalue weighted by Gasteiger charge is 2.14. The Morgan fingerprint density at radius 3 is 1.44 bits per heavy atom. The maximum absolute atomic E-state index is 11.4. The van der Waals surface area contributed by atoms with Gasteiger partial charge >= 0.3 is 6.03 Å². The van der Waals surface area contributed by atoms with E-state index in [2.05, 4.69) is 49.9 Å². The third-order valence-corrected chi connectivity index (χ3v) is 3.99. The summed E-state index contributed by atoms with van der Waals surface area (Å²) in [4.78, 5) is 11.4. The number of hydrogen-bond acceptors (Lipinski definition) is 3. The van der Waals surface area contributed by atoms with E-state index in [1.165, 1.54) is 0 Å². The molecule has 0 saturated heterocycles. The van der Waals surface area contributed by atoms with E-state index in [1.54, 1.807) is 0 Å². The van der Waals surface area contributed by atoms with Crippen molar-refractivity contribution in [1.29, 1.82) is 0 Å². The molecule has 0 aromatic carbocycles. The molecule has 0 radical (unpaired) electrons. The lowest BCUT2D eigenvalue weighted by Crippen LogP contribution is -2.41. The van der Waals surface area contributed by atoms with Gasteiger partial charge in [-0.05, 0) is 39.3 Å². The number of urea groups is 1. The van der Waals surface area contributed by atoms with Gasteiger partial charge in [0.05, 0.1) is 13.2 Å². The maximum Gasteiger partial charge on any atom is 0.314 e. The van der Waals surface area contributed by atoms with E-state index in [0.29, 0.717) is 26.3 Å². The molecule has 0 aliphatic rings. The molecule has 0 rings (SSSR count). The first kappa shape index (κ1) is 17.6. The standard InChI is InChI=1S/C11H28N2O3Si2/c1-17(2,3)15-9-7-12-11(14)13-8-10-16-18(4,5)6/h7-10H2,1-6H3,(H2,12,13,14). The van der Waals surface area contributed by atoms with E-state index >= 15 is 0 Å². The fourth-order valence-electron chi connectivity index (χ4n) is 1.11. The minimum atomic E-state index is -1.47. The molecule has 0 aromatic heterocycles. The quantitative estimate of drug-likeness (QED) is 0.531. The Balaban J connectivity index is 3.44. The second-order valence-corrected chi connectivity index (χ2v) is 15.1. The van der Waals surface area contributed by atoms with Gasteiger partial charge in [0, 0.05) is 13.1 Å². The van der Waals surface area contributed by atoms with Crippen LogP contribution in [0.5, 0.6) is 0 Å². The smallest absolute Gasteiger partial charge is 0.314 e. The zero-order chi connectivity index (χ0) is 14.2. The lowest BCUT2D eigenvalue weighted by atomic mass is 10.6. The van der Waals surface area contributed by atoms with Crippen molar-refractivity contribution < 1.29 is 13.6 Å². The topological polar surface area (TPSA) is 59.6 Å². The Bertz CT molecular complexity index is 226. The van der Waals surface area contributed by atoms with Crippen molar-refractivity contribution in [2.24, 2.45) is 0 Å². The van der Waals surface area contributed by atoms with Crippen LogP contribution < -0.4 is 10.6 Å². The molecule has 5 nitrogen and oxygen atoms in total. The predicted molar refractivity (Wildman–Crippen MR) is 80.0 cm³/mol. The minimum absolute atomic E-state index is 0.159. The van der Waals surface area contributed by atoms with Gasteiger partial charge < -0.3 is 19.5 Å². The molecule has 2 amide bonds. The van der Waals surface area contributed by atoms with E-state index in [4.69, 9.17) is 8.85 Å². The summed E-state index contributed by atoms with van der Waals surface area (Å²) in [6.07, 6.45) is 0. The summed E-state index contributed by atoms with van der Waals surface area (Å²) >= 11 is 0.